The Morgan fingerprint density at radius 3 is 2.88 bits per heavy atom. The van der Waals surface area contributed by atoms with Crippen LogP contribution in [0, 0.1) is 0 Å². The van der Waals surface area contributed by atoms with Gasteiger partial charge < -0.3 is 20.9 Å². The van der Waals surface area contributed by atoms with Crippen molar-refractivity contribution in [3.05, 3.63) is 65.7 Å². The summed E-state index contributed by atoms with van der Waals surface area (Å²) in [6.07, 6.45) is 6.37. The van der Waals surface area contributed by atoms with Crippen molar-refractivity contribution >= 4 is 34.2 Å². The summed E-state index contributed by atoms with van der Waals surface area (Å²) in [5, 5.41) is 7.15. The second kappa shape index (κ2) is 7.74. The monoisotopic (exact) mass is 453 g/mol. The van der Waals surface area contributed by atoms with Crippen LogP contribution >= 0.6 is 0 Å². The fraction of sp³-hybridized carbons (Fsp3) is 0.240. The van der Waals surface area contributed by atoms with Crippen molar-refractivity contribution in [3.63, 3.8) is 0 Å². The first-order valence-electron chi connectivity index (χ1n) is 11.2. The summed E-state index contributed by atoms with van der Waals surface area (Å²) in [7, 11) is 1.95. The highest BCUT2D eigenvalue weighted by molar-refractivity contribution is 6.06. The standard InChI is InChI=1S/C25H23N7O2/c1-32-8-6-15-14(5-7-27-24(15)32)23-17-11-29-25(34)22(17)19(12-28-23)31-21-4-2-3-18(30-21)16-9-13(26)10-20(16)33/h2-8,12-13,16H,9-11,26H2,1H3,(H,29,34)(H,30,31)/t13-,16?/m0/s1. The molecule has 0 bridgehead atoms. The van der Waals surface area contributed by atoms with Gasteiger partial charge in [0.25, 0.3) is 5.91 Å². The molecule has 0 saturated heterocycles. The number of hydrogen-bond donors (Lipinski definition) is 3. The average Bonchev–Trinajstić information content (AvgIpc) is 3.51. The van der Waals surface area contributed by atoms with Crippen molar-refractivity contribution in [1.29, 1.82) is 0 Å². The van der Waals surface area contributed by atoms with Crippen molar-refractivity contribution in [2.75, 3.05) is 5.32 Å². The van der Waals surface area contributed by atoms with E-state index in [-0.39, 0.29) is 23.7 Å². The largest absolute Gasteiger partial charge is 0.348 e. The Labute approximate surface area is 195 Å². The number of anilines is 2. The first-order chi connectivity index (χ1) is 16.5. The van der Waals surface area contributed by atoms with E-state index in [2.05, 4.69) is 20.6 Å². The molecule has 9 heteroatoms. The number of nitrogens with zero attached hydrogens (tertiary/aromatic N) is 4. The molecule has 5 heterocycles. The third kappa shape index (κ3) is 3.24. The molecule has 1 aliphatic carbocycles. The lowest BCUT2D eigenvalue weighted by molar-refractivity contribution is -0.118. The highest BCUT2D eigenvalue weighted by atomic mass is 16.2. The number of ketones is 1. The SMILES string of the molecule is Cn1ccc2c(-c3ncc(Nc4cccc(C5C[C@H](N)CC5=O)n4)c4c3CNC4=O)ccnc21. The first-order valence-corrected chi connectivity index (χ1v) is 11.2. The molecule has 2 atom stereocenters. The average molecular weight is 454 g/mol. The van der Waals surface area contributed by atoms with Crippen LogP contribution in [0.15, 0.2) is 48.9 Å². The molecule has 170 valence electrons. The van der Waals surface area contributed by atoms with E-state index < -0.39 is 0 Å². The van der Waals surface area contributed by atoms with Crippen LogP contribution in [0.1, 0.15) is 40.4 Å². The molecule has 1 aliphatic heterocycles. The predicted molar refractivity (Wildman–Crippen MR) is 128 cm³/mol. The Kier molecular flexibility index (Phi) is 4.66. The Balaban J connectivity index is 1.39. The molecule has 34 heavy (non-hydrogen) atoms. The molecule has 0 radical (unpaired) electrons. The zero-order valence-corrected chi connectivity index (χ0v) is 18.6. The highest BCUT2D eigenvalue weighted by Crippen LogP contribution is 2.36. The van der Waals surface area contributed by atoms with E-state index in [1.807, 2.05) is 48.1 Å². The number of nitrogens with two attached hydrogens (primary N) is 1. The van der Waals surface area contributed by atoms with Crippen molar-refractivity contribution in [2.45, 2.75) is 31.3 Å². The van der Waals surface area contributed by atoms with Crippen LogP contribution in [-0.4, -0.2) is 37.3 Å². The van der Waals surface area contributed by atoms with E-state index in [1.54, 1.807) is 12.4 Å². The van der Waals surface area contributed by atoms with Crippen LogP contribution in [0.2, 0.25) is 0 Å². The lowest BCUT2D eigenvalue weighted by Crippen LogP contribution is -2.15. The van der Waals surface area contributed by atoms with Gasteiger partial charge >= 0.3 is 0 Å². The summed E-state index contributed by atoms with van der Waals surface area (Å²) >= 11 is 0. The summed E-state index contributed by atoms with van der Waals surface area (Å²) in [6, 6.07) is 9.32. The molecular formula is C25H23N7O2. The van der Waals surface area contributed by atoms with Gasteiger partial charge in [0.15, 0.2) is 0 Å². The van der Waals surface area contributed by atoms with Gasteiger partial charge in [-0.15, -0.1) is 0 Å². The zero-order valence-electron chi connectivity index (χ0n) is 18.6. The third-order valence-corrected chi connectivity index (χ3v) is 6.64. The molecule has 0 spiro atoms. The molecule has 1 unspecified atom stereocenters. The summed E-state index contributed by atoms with van der Waals surface area (Å²) in [5.74, 6) is 0.225. The Bertz CT molecular complexity index is 1480. The summed E-state index contributed by atoms with van der Waals surface area (Å²) in [4.78, 5) is 39.0. The number of amides is 1. The van der Waals surface area contributed by atoms with E-state index in [4.69, 9.17) is 10.7 Å². The molecule has 1 fully saturated rings. The van der Waals surface area contributed by atoms with Gasteiger partial charge in [-0.3, -0.25) is 14.6 Å². The molecule has 4 aromatic heterocycles. The smallest absolute Gasteiger partial charge is 0.254 e. The van der Waals surface area contributed by atoms with Crippen LogP contribution in [0.25, 0.3) is 22.3 Å². The number of fused-ring (bicyclic) bond motifs is 2. The number of Topliss-reactive ketones (excluding diaryl/α,β-unsaturated/α-hetero) is 1. The molecule has 1 amide bonds. The van der Waals surface area contributed by atoms with Gasteiger partial charge in [-0.05, 0) is 30.7 Å². The maximum atomic E-state index is 12.8. The number of aromatic nitrogens is 4. The Morgan fingerprint density at radius 1 is 1.18 bits per heavy atom. The number of aryl methyl sites for hydroxylation is 1. The fourth-order valence-electron chi connectivity index (χ4n) is 5.00. The summed E-state index contributed by atoms with van der Waals surface area (Å²) in [5.41, 5.74) is 11.2. The third-order valence-electron chi connectivity index (χ3n) is 6.64. The minimum absolute atomic E-state index is 0.119. The minimum Gasteiger partial charge on any atom is -0.348 e. The number of carbonyl (C=O) groups is 2. The highest BCUT2D eigenvalue weighted by Gasteiger charge is 2.33. The maximum Gasteiger partial charge on any atom is 0.254 e. The molecule has 4 N–H and O–H groups in total. The second-order valence-corrected chi connectivity index (χ2v) is 8.87. The minimum atomic E-state index is -0.286. The molecule has 1 saturated carbocycles. The van der Waals surface area contributed by atoms with Gasteiger partial charge in [-0.25, -0.2) is 9.97 Å². The first kappa shape index (κ1) is 20.5. The van der Waals surface area contributed by atoms with E-state index in [9.17, 15) is 9.59 Å². The number of rotatable bonds is 4. The number of pyridine rings is 3. The lowest BCUT2D eigenvalue weighted by Gasteiger charge is -2.14. The number of carbonyl (C=O) groups excluding carboxylic acids is 2. The van der Waals surface area contributed by atoms with Gasteiger partial charge in [0.05, 0.1) is 34.8 Å². The Morgan fingerprint density at radius 2 is 2.06 bits per heavy atom. The maximum absolute atomic E-state index is 12.8. The molecule has 6 rings (SSSR count). The van der Waals surface area contributed by atoms with Crippen LogP contribution in [0.5, 0.6) is 0 Å². The van der Waals surface area contributed by atoms with Crippen LogP contribution in [-0.2, 0) is 18.4 Å². The van der Waals surface area contributed by atoms with Gasteiger partial charge in [-0.1, -0.05) is 6.07 Å². The number of nitrogens with one attached hydrogen (secondary N) is 2. The van der Waals surface area contributed by atoms with Crippen molar-refractivity contribution < 1.29 is 9.59 Å². The fourth-order valence-corrected chi connectivity index (χ4v) is 5.00. The lowest BCUT2D eigenvalue weighted by atomic mass is 10.0. The molecular weight excluding hydrogens is 430 g/mol. The van der Waals surface area contributed by atoms with Gasteiger partial charge in [0.2, 0.25) is 0 Å². The molecule has 9 nitrogen and oxygen atoms in total. The second-order valence-electron chi connectivity index (χ2n) is 8.87. The van der Waals surface area contributed by atoms with Crippen LogP contribution in [0.4, 0.5) is 11.5 Å². The van der Waals surface area contributed by atoms with E-state index in [1.165, 1.54) is 0 Å². The van der Waals surface area contributed by atoms with E-state index in [0.717, 1.165) is 27.9 Å². The summed E-state index contributed by atoms with van der Waals surface area (Å²) < 4.78 is 1.96. The summed E-state index contributed by atoms with van der Waals surface area (Å²) in [6.45, 7) is 0.393. The van der Waals surface area contributed by atoms with Gasteiger partial charge in [-0.2, -0.15) is 0 Å². The van der Waals surface area contributed by atoms with Gasteiger partial charge in [0, 0.05) is 55.0 Å². The van der Waals surface area contributed by atoms with Crippen LogP contribution in [0.3, 0.4) is 0 Å². The molecule has 2 aliphatic rings. The predicted octanol–water partition coefficient (Wildman–Crippen LogP) is 2.79. The van der Waals surface area contributed by atoms with E-state index in [0.29, 0.717) is 42.1 Å². The quantitative estimate of drug-likeness (QED) is 0.433. The van der Waals surface area contributed by atoms with Gasteiger partial charge in [0.1, 0.15) is 17.2 Å². The normalized spacial score (nSPS) is 19.5. The van der Waals surface area contributed by atoms with Crippen molar-refractivity contribution in [1.82, 2.24) is 24.8 Å². The topological polar surface area (TPSA) is 128 Å². The van der Waals surface area contributed by atoms with Crippen molar-refractivity contribution in [2.24, 2.45) is 12.8 Å². The number of hydrogen-bond acceptors (Lipinski definition) is 7. The molecule has 4 aromatic rings. The Hall–Kier alpha value is -4.11. The van der Waals surface area contributed by atoms with E-state index >= 15 is 0 Å². The van der Waals surface area contributed by atoms with Crippen LogP contribution < -0.4 is 16.4 Å². The zero-order chi connectivity index (χ0) is 23.4. The molecule has 0 aromatic carbocycles. The van der Waals surface area contributed by atoms with Crippen molar-refractivity contribution in [3.8, 4) is 11.3 Å².